The van der Waals surface area contributed by atoms with Gasteiger partial charge < -0.3 is 24.5 Å². The number of aromatic amines is 1. The monoisotopic (exact) mass is 449 g/mol. The number of nitrogens with one attached hydrogen (secondary N) is 2. The lowest BCUT2D eigenvalue weighted by Crippen LogP contribution is -2.27. The summed E-state index contributed by atoms with van der Waals surface area (Å²) in [7, 11) is 2.95. The number of fused-ring (bicyclic) bond motifs is 2. The lowest BCUT2D eigenvalue weighted by atomic mass is 10.0. The van der Waals surface area contributed by atoms with Crippen LogP contribution in [0, 0.1) is 0 Å². The van der Waals surface area contributed by atoms with Crippen LogP contribution < -0.4 is 25.1 Å². The molecule has 2 aromatic carbocycles. The Kier molecular flexibility index (Phi) is 6.12. The van der Waals surface area contributed by atoms with Crippen LogP contribution in [-0.4, -0.2) is 42.5 Å². The van der Waals surface area contributed by atoms with Gasteiger partial charge in [-0.15, -0.1) is 0 Å². The normalized spacial score (nSPS) is 14.9. The zero-order chi connectivity index (χ0) is 23.5. The molecule has 33 heavy (non-hydrogen) atoms. The highest BCUT2D eigenvalue weighted by Crippen LogP contribution is 2.30. The number of methoxy groups -OCH3 is 2. The summed E-state index contributed by atoms with van der Waals surface area (Å²) < 4.78 is 16.1. The molecule has 1 aliphatic heterocycles. The molecule has 0 atom stereocenters. The van der Waals surface area contributed by atoms with Crippen LogP contribution in [0.4, 0.5) is 0 Å². The third-order valence-corrected chi connectivity index (χ3v) is 5.26. The van der Waals surface area contributed by atoms with Crippen LogP contribution in [0.25, 0.3) is 10.9 Å². The Morgan fingerprint density at radius 1 is 1.15 bits per heavy atom. The van der Waals surface area contributed by atoms with Gasteiger partial charge in [0, 0.05) is 12.6 Å². The van der Waals surface area contributed by atoms with E-state index in [9.17, 15) is 14.4 Å². The number of amides is 1. The number of H-pyrrole nitrogens is 1. The number of ether oxygens (including phenoxy) is 3. The third-order valence-electron chi connectivity index (χ3n) is 5.26. The van der Waals surface area contributed by atoms with E-state index in [2.05, 4.69) is 15.3 Å². The van der Waals surface area contributed by atoms with Gasteiger partial charge in [0.25, 0.3) is 11.5 Å². The number of carbonyl (C=O) groups excluding carboxylic acids is 2. The summed E-state index contributed by atoms with van der Waals surface area (Å²) in [4.78, 5) is 43.8. The summed E-state index contributed by atoms with van der Waals surface area (Å²) in [5.41, 5.74) is 2.56. The van der Waals surface area contributed by atoms with Crippen molar-refractivity contribution in [1.29, 1.82) is 0 Å². The van der Waals surface area contributed by atoms with E-state index in [1.165, 1.54) is 20.3 Å². The van der Waals surface area contributed by atoms with E-state index < -0.39 is 11.5 Å². The predicted molar refractivity (Wildman–Crippen MR) is 121 cm³/mol. The van der Waals surface area contributed by atoms with Crippen molar-refractivity contribution in [2.45, 2.75) is 19.9 Å². The number of nitrogens with zero attached hydrogens (tertiary/aromatic N) is 1. The summed E-state index contributed by atoms with van der Waals surface area (Å²) in [6, 6.07) is 8.66. The number of aromatic nitrogens is 2. The number of ketones is 1. The maximum Gasteiger partial charge on any atom is 0.287 e. The van der Waals surface area contributed by atoms with Crippen LogP contribution in [0.1, 0.15) is 28.7 Å². The van der Waals surface area contributed by atoms with Crippen molar-refractivity contribution in [3.63, 3.8) is 0 Å². The topological polar surface area (TPSA) is 120 Å². The van der Waals surface area contributed by atoms with Crippen molar-refractivity contribution >= 4 is 22.6 Å². The van der Waals surface area contributed by atoms with Crippen molar-refractivity contribution in [3.8, 4) is 17.2 Å². The number of hydrogen-bond acceptors (Lipinski definition) is 7. The van der Waals surface area contributed by atoms with Crippen LogP contribution in [0.15, 0.2) is 46.8 Å². The first kappa shape index (κ1) is 22.1. The fourth-order valence-electron chi connectivity index (χ4n) is 3.65. The number of hydrogen-bond donors (Lipinski definition) is 2. The Morgan fingerprint density at radius 3 is 2.67 bits per heavy atom. The average Bonchev–Trinajstić information content (AvgIpc) is 2.80. The number of allylic oxidation sites excluding steroid dienone is 1. The van der Waals surface area contributed by atoms with Crippen molar-refractivity contribution in [3.05, 3.63) is 69.3 Å². The van der Waals surface area contributed by atoms with Crippen LogP contribution in [0.5, 0.6) is 17.2 Å². The lowest BCUT2D eigenvalue weighted by molar-refractivity contribution is -0.116. The molecule has 9 heteroatoms. The van der Waals surface area contributed by atoms with E-state index in [0.29, 0.717) is 29.2 Å². The standard InChI is InChI=1S/C24H23N3O6/c1-13-6-15-5-4-14(8-19(15)33-12-16(28)7-13)11-25-24(30)22-26-18-10-21(32-3)20(31-2)9-17(18)23(29)27-22/h4-5,7-10H,6,11-12H2,1-3H3,(H,25,30)(H,26,27,29)/b13-7+. The fourth-order valence-corrected chi connectivity index (χ4v) is 3.65. The minimum Gasteiger partial charge on any atom is -0.493 e. The molecule has 0 saturated carbocycles. The molecule has 2 N–H and O–H groups in total. The predicted octanol–water partition coefficient (Wildman–Crippen LogP) is 2.32. The minimum atomic E-state index is -0.537. The Morgan fingerprint density at radius 2 is 1.91 bits per heavy atom. The van der Waals surface area contributed by atoms with Gasteiger partial charge in [-0.1, -0.05) is 17.7 Å². The number of benzene rings is 2. The molecule has 4 rings (SSSR count). The number of carbonyl (C=O) groups is 2. The summed E-state index contributed by atoms with van der Waals surface area (Å²) in [5.74, 6) is 0.666. The number of rotatable bonds is 5. The Balaban J connectivity index is 1.54. The van der Waals surface area contributed by atoms with E-state index >= 15 is 0 Å². The second-order valence-electron chi connectivity index (χ2n) is 7.69. The molecule has 2 heterocycles. The van der Waals surface area contributed by atoms with Crippen molar-refractivity contribution < 1.29 is 23.8 Å². The van der Waals surface area contributed by atoms with E-state index in [4.69, 9.17) is 14.2 Å². The minimum absolute atomic E-state index is 0.0311. The lowest BCUT2D eigenvalue weighted by Gasteiger charge is -2.15. The summed E-state index contributed by atoms with van der Waals surface area (Å²) >= 11 is 0. The van der Waals surface area contributed by atoms with Crippen LogP contribution in [0.3, 0.4) is 0 Å². The van der Waals surface area contributed by atoms with E-state index in [1.807, 2.05) is 19.1 Å². The first-order valence-electron chi connectivity index (χ1n) is 10.3. The molecule has 0 spiro atoms. The van der Waals surface area contributed by atoms with Crippen molar-refractivity contribution in [1.82, 2.24) is 15.3 Å². The van der Waals surface area contributed by atoms with E-state index in [-0.39, 0.29) is 30.1 Å². The second-order valence-corrected chi connectivity index (χ2v) is 7.69. The van der Waals surface area contributed by atoms with Gasteiger partial charge in [0.05, 0.1) is 25.1 Å². The van der Waals surface area contributed by atoms with E-state index in [1.54, 1.807) is 18.2 Å². The first-order chi connectivity index (χ1) is 15.9. The molecule has 0 saturated heterocycles. The smallest absolute Gasteiger partial charge is 0.287 e. The molecule has 0 radical (unpaired) electrons. The molecule has 1 aliphatic rings. The summed E-state index contributed by atoms with van der Waals surface area (Å²) in [6.45, 7) is 2.06. The molecular weight excluding hydrogens is 426 g/mol. The van der Waals surface area contributed by atoms with E-state index in [0.717, 1.165) is 16.7 Å². The molecule has 1 amide bonds. The quantitative estimate of drug-likeness (QED) is 0.613. The Bertz CT molecular complexity index is 1340. The zero-order valence-corrected chi connectivity index (χ0v) is 18.5. The third kappa shape index (κ3) is 4.72. The second kappa shape index (κ2) is 9.15. The molecule has 0 fully saturated rings. The highest BCUT2D eigenvalue weighted by atomic mass is 16.5. The Labute approximate surface area is 189 Å². The SMILES string of the molecule is COc1cc2nc(C(=O)NCc3ccc4c(c3)OCC(=O)/C=C(\C)C4)[nH]c(=O)c2cc1OC. The molecule has 9 nitrogen and oxygen atoms in total. The van der Waals surface area contributed by atoms with Gasteiger partial charge in [-0.05, 0) is 42.7 Å². The molecular formula is C24H23N3O6. The highest BCUT2D eigenvalue weighted by molar-refractivity contribution is 5.93. The van der Waals surface area contributed by atoms with Gasteiger partial charge in [-0.2, -0.15) is 0 Å². The highest BCUT2D eigenvalue weighted by Gasteiger charge is 2.16. The van der Waals surface area contributed by atoms with Crippen LogP contribution in [-0.2, 0) is 17.8 Å². The van der Waals surface area contributed by atoms with Gasteiger partial charge in [-0.25, -0.2) is 4.98 Å². The maximum absolute atomic E-state index is 12.7. The fraction of sp³-hybridized carbons (Fsp3) is 0.250. The van der Waals surface area contributed by atoms with Crippen molar-refractivity contribution in [2.24, 2.45) is 0 Å². The molecule has 0 aliphatic carbocycles. The van der Waals surface area contributed by atoms with Crippen LogP contribution in [0.2, 0.25) is 0 Å². The van der Waals surface area contributed by atoms with Crippen molar-refractivity contribution in [2.75, 3.05) is 20.8 Å². The molecule has 3 aromatic rings. The molecule has 1 aromatic heterocycles. The molecule has 170 valence electrons. The maximum atomic E-state index is 12.7. The zero-order valence-electron chi connectivity index (χ0n) is 18.5. The largest absolute Gasteiger partial charge is 0.493 e. The van der Waals surface area contributed by atoms with Gasteiger partial charge in [0.1, 0.15) is 5.75 Å². The molecule has 0 bridgehead atoms. The van der Waals surface area contributed by atoms with Gasteiger partial charge in [0.15, 0.2) is 29.7 Å². The first-order valence-corrected chi connectivity index (χ1v) is 10.3. The molecule has 0 unspecified atom stereocenters. The Hall–Kier alpha value is -4.14. The average molecular weight is 449 g/mol. The van der Waals surface area contributed by atoms with Gasteiger partial charge in [0.2, 0.25) is 0 Å². The van der Waals surface area contributed by atoms with Gasteiger partial charge in [-0.3, -0.25) is 14.4 Å². The van der Waals surface area contributed by atoms with Crippen LogP contribution >= 0.6 is 0 Å². The summed E-state index contributed by atoms with van der Waals surface area (Å²) in [6.07, 6.45) is 2.21. The van der Waals surface area contributed by atoms with Gasteiger partial charge >= 0.3 is 0 Å². The summed E-state index contributed by atoms with van der Waals surface area (Å²) in [5, 5.41) is 3.03.